The lowest BCUT2D eigenvalue weighted by atomic mass is 9.83. The van der Waals surface area contributed by atoms with Crippen LogP contribution in [0.4, 0.5) is 0 Å². The average Bonchev–Trinajstić information content (AvgIpc) is 2.75. The summed E-state index contributed by atoms with van der Waals surface area (Å²) < 4.78 is 12.2. The standard InChI is InChI=1S/C11H16BrNO2S/c1-14-11(2-4-15-5-3-11)10(13)8-6-16-7-9(8)12/h6-7,10H,2-5,13H2,1H3. The zero-order chi connectivity index (χ0) is 11.6. The van der Waals surface area contributed by atoms with Crippen molar-refractivity contribution in [2.45, 2.75) is 24.5 Å². The second kappa shape index (κ2) is 5.14. The molecule has 1 atom stereocenters. The predicted octanol–water partition coefficient (Wildman–Crippen LogP) is 2.71. The monoisotopic (exact) mass is 305 g/mol. The maximum absolute atomic E-state index is 6.36. The Bertz CT molecular complexity index is 350. The molecule has 5 heteroatoms. The van der Waals surface area contributed by atoms with Gasteiger partial charge in [-0.3, -0.25) is 0 Å². The Morgan fingerprint density at radius 2 is 2.19 bits per heavy atom. The Hall–Kier alpha value is 0.0600. The van der Waals surface area contributed by atoms with Gasteiger partial charge in [-0.25, -0.2) is 0 Å². The first-order valence-electron chi connectivity index (χ1n) is 5.30. The summed E-state index contributed by atoms with van der Waals surface area (Å²) in [5.74, 6) is 0. The third kappa shape index (κ3) is 2.19. The van der Waals surface area contributed by atoms with Crippen molar-refractivity contribution in [1.82, 2.24) is 0 Å². The highest BCUT2D eigenvalue weighted by atomic mass is 79.9. The summed E-state index contributed by atoms with van der Waals surface area (Å²) in [7, 11) is 1.74. The van der Waals surface area contributed by atoms with Crippen LogP contribution in [0.3, 0.4) is 0 Å². The van der Waals surface area contributed by atoms with Crippen LogP contribution in [-0.4, -0.2) is 25.9 Å². The predicted molar refractivity (Wildman–Crippen MR) is 68.7 cm³/mol. The fourth-order valence-corrected chi connectivity index (χ4v) is 3.74. The van der Waals surface area contributed by atoms with Crippen LogP contribution < -0.4 is 5.73 Å². The van der Waals surface area contributed by atoms with Crippen LogP contribution in [-0.2, 0) is 9.47 Å². The van der Waals surface area contributed by atoms with Crippen molar-refractivity contribution >= 4 is 27.3 Å². The van der Waals surface area contributed by atoms with Crippen molar-refractivity contribution in [2.24, 2.45) is 5.73 Å². The summed E-state index contributed by atoms with van der Waals surface area (Å²) in [6.45, 7) is 1.45. The van der Waals surface area contributed by atoms with Gasteiger partial charge in [-0.05, 0) is 26.9 Å². The largest absolute Gasteiger partial charge is 0.381 e. The molecule has 1 aliphatic rings. The van der Waals surface area contributed by atoms with Crippen LogP contribution in [0, 0.1) is 0 Å². The molecule has 3 nitrogen and oxygen atoms in total. The summed E-state index contributed by atoms with van der Waals surface area (Å²) in [5, 5.41) is 4.14. The van der Waals surface area contributed by atoms with Crippen LogP contribution in [0.5, 0.6) is 0 Å². The van der Waals surface area contributed by atoms with Gasteiger partial charge in [0.1, 0.15) is 0 Å². The molecular formula is C11H16BrNO2S. The summed E-state index contributed by atoms with van der Waals surface area (Å²) in [6.07, 6.45) is 1.71. The summed E-state index contributed by atoms with van der Waals surface area (Å²) in [4.78, 5) is 0. The SMILES string of the molecule is COC1(C(N)c2cscc2Br)CCOCC1. The highest BCUT2D eigenvalue weighted by molar-refractivity contribution is 9.10. The van der Waals surface area contributed by atoms with Gasteiger partial charge in [-0.1, -0.05) is 0 Å². The number of halogens is 1. The first-order chi connectivity index (χ1) is 7.69. The molecule has 2 N–H and O–H groups in total. The van der Waals surface area contributed by atoms with Gasteiger partial charge in [0.25, 0.3) is 0 Å². The van der Waals surface area contributed by atoms with E-state index in [0.29, 0.717) is 0 Å². The van der Waals surface area contributed by atoms with Crippen LogP contribution in [0.15, 0.2) is 15.2 Å². The zero-order valence-electron chi connectivity index (χ0n) is 9.24. The Kier molecular flexibility index (Phi) is 4.02. The summed E-state index contributed by atoms with van der Waals surface area (Å²) in [5.41, 5.74) is 7.21. The minimum Gasteiger partial charge on any atom is -0.381 e. The number of nitrogens with two attached hydrogens (primary N) is 1. The van der Waals surface area contributed by atoms with Gasteiger partial charge < -0.3 is 15.2 Å². The van der Waals surface area contributed by atoms with E-state index < -0.39 is 0 Å². The molecular weight excluding hydrogens is 290 g/mol. The summed E-state index contributed by atoms with van der Waals surface area (Å²) >= 11 is 5.18. The number of rotatable bonds is 3. The second-order valence-corrected chi connectivity index (χ2v) is 5.63. The topological polar surface area (TPSA) is 44.5 Å². The molecule has 1 unspecified atom stereocenters. The Balaban J connectivity index is 2.24. The smallest absolute Gasteiger partial charge is 0.0914 e. The van der Waals surface area contributed by atoms with Gasteiger partial charge >= 0.3 is 0 Å². The first-order valence-corrected chi connectivity index (χ1v) is 7.03. The number of hydrogen-bond acceptors (Lipinski definition) is 4. The normalized spacial score (nSPS) is 21.9. The molecule has 1 aromatic rings. The number of ether oxygens (including phenoxy) is 2. The van der Waals surface area contributed by atoms with Crippen molar-refractivity contribution in [2.75, 3.05) is 20.3 Å². The van der Waals surface area contributed by atoms with Gasteiger partial charge in [-0.2, -0.15) is 11.3 Å². The van der Waals surface area contributed by atoms with E-state index in [1.807, 2.05) is 0 Å². The Labute approximate surface area is 108 Å². The molecule has 0 aromatic carbocycles. The second-order valence-electron chi connectivity index (χ2n) is 4.03. The van der Waals surface area contributed by atoms with E-state index in [2.05, 4.69) is 26.7 Å². The van der Waals surface area contributed by atoms with Crippen molar-refractivity contribution in [3.8, 4) is 0 Å². The highest BCUT2D eigenvalue weighted by Gasteiger charge is 2.40. The van der Waals surface area contributed by atoms with Crippen molar-refractivity contribution in [3.63, 3.8) is 0 Å². The minimum atomic E-state index is -0.276. The molecule has 1 fully saturated rings. The molecule has 0 radical (unpaired) electrons. The molecule has 16 heavy (non-hydrogen) atoms. The number of methoxy groups -OCH3 is 1. The van der Waals surface area contributed by atoms with Crippen molar-refractivity contribution in [1.29, 1.82) is 0 Å². The van der Waals surface area contributed by atoms with Gasteiger partial charge in [-0.15, -0.1) is 0 Å². The maximum atomic E-state index is 6.36. The van der Waals surface area contributed by atoms with E-state index in [9.17, 15) is 0 Å². The van der Waals surface area contributed by atoms with Crippen LogP contribution in [0.25, 0.3) is 0 Å². The molecule has 1 aromatic heterocycles. The van der Waals surface area contributed by atoms with Gasteiger partial charge in [0.15, 0.2) is 0 Å². The van der Waals surface area contributed by atoms with E-state index >= 15 is 0 Å². The molecule has 0 aliphatic carbocycles. The molecule has 1 aliphatic heterocycles. The van der Waals surface area contributed by atoms with Crippen LogP contribution >= 0.6 is 27.3 Å². The molecule has 2 rings (SSSR count). The maximum Gasteiger partial charge on any atom is 0.0914 e. The minimum absolute atomic E-state index is 0.0953. The molecule has 1 saturated heterocycles. The fraction of sp³-hybridized carbons (Fsp3) is 0.636. The number of thiophene rings is 1. The molecule has 0 bridgehead atoms. The van der Waals surface area contributed by atoms with E-state index in [1.165, 1.54) is 0 Å². The molecule has 0 spiro atoms. The lowest BCUT2D eigenvalue weighted by Crippen LogP contribution is -2.47. The fourth-order valence-electron chi connectivity index (χ4n) is 2.16. The van der Waals surface area contributed by atoms with Crippen LogP contribution in [0.2, 0.25) is 0 Å². The first kappa shape index (κ1) is 12.5. The van der Waals surface area contributed by atoms with E-state index in [-0.39, 0.29) is 11.6 Å². The Morgan fingerprint density at radius 1 is 1.50 bits per heavy atom. The van der Waals surface area contributed by atoms with Gasteiger partial charge in [0.05, 0.1) is 11.6 Å². The lowest BCUT2D eigenvalue weighted by Gasteiger charge is -2.40. The van der Waals surface area contributed by atoms with Crippen molar-refractivity contribution < 1.29 is 9.47 Å². The quantitative estimate of drug-likeness (QED) is 0.934. The Morgan fingerprint density at radius 3 is 2.69 bits per heavy atom. The van der Waals surface area contributed by atoms with E-state index in [0.717, 1.165) is 36.1 Å². The molecule has 2 heterocycles. The zero-order valence-corrected chi connectivity index (χ0v) is 11.6. The van der Waals surface area contributed by atoms with E-state index in [1.54, 1.807) is 18.4 Å². The molecule has 0 amide bonds. The average molecular weight is 306 g/mol. The third-order valence-electron chi connectivity index (χ3n) is 3.29. The van der Waals surface area contributed by atoms with Gasteiger partial charge in [0.2, 0.25) is 0 Å². The lowest BCUT2D eigenvalue weighted by molar-refractivity contribution is -0.105. The van der Waals surface area contributed by atoms with Crippen molar-refractivity contribution in [3.05, 3.63) is 20.8 Å². The molecule has 0 saturated carbocycles. The summed E-state index contributed by atoms with van der Waals surface area (Å²) in [6, 6.07) is -0.0953. The van der Waals surface area contributed by atoms with Crippen LogP contribution in [0.1, 0.15) is 24.4 Å². The third-order valence-corrected chi connectivity index (χ3v) is 5.04. The molecule has 90 valence electrons. The van der Waals surface area contributed by atoms with E-state index in [4.69, 9.17) is 15.2 Å². The highest BCUT2D eigenvalue weighted by Crippen LogP contribution is 2.39. The van der Waals surface area contributed by atoms with Gasteiger partial charge in [0, 0.05) is 43.0 Å². The number of hydrogen-bond donors (Lipinski definition) is 1.